The first-order valence-corrected chi connectivity index (χ1v) is 9.43. The summed E-state index contributed by atoms with van der Waals surface area (Å²) in [7, 11) is 1.64. The minimum Gasteiger partial charge on any atom is -0.385 e. The van der Waals surface area contributed by atoms with Gasteiger partial charge in [-0.25, -0.2) is 9.97 Å². The highest BCUT2D eigenvalue weighted by atomic mass is 16.5. The molecule has 6 heteroatoms. The Kier molecular flexibility index (Phi) is 7.73. The zero-order chi connectivity index (χ0) is 19.8. The number of nitrogens with one attached hydrogen (secondary N) is 2. The summed E-state index contributed by atoms with van der Waals surface area (Å²) in [6.45, 7) is 9.84. The molecule has 0 saturated heterocycles. The van der Waals surface area contributed by atoms with Gasteiger partial charge in [-0.15, -0.1) is 0 Å². The van der Waals surface area contributed by atoms with Crippen molar-refractivity contribution < 1.29 is 9.53 Å². The number of rotatable bonds is 9. The monoisotopic (exact) mass is 370 g/mol. The maximum Gasteiger partial charge on any atom is 0.270 e. The van der Waals surface area contributed by atoms with Gasteiger partial charge in [0.2, 0.25) is 0 Å². The van der Waals surface area contributed by atoms with Crippen LogP contribution >= 0.6 is 0 Å². The van der Waals surface area contributed by atoms with Crippen LogP contribution < -0.4 is 10.6 Å². The molecule has 1 aromatic carbocycles. The molecule has 2 aromatic rings. The molecule has 0 bridgehead atoms. The van der Waals surface area contributed by atoms with Crippen molar-refractivity contribution in [3.05, 3.63) is 47.4 Å². The first-order chi connectivity index (χ1) is 12.9. The molecule has 0 spiro atoms. The molecule has 2 N–H and O–H groups in total. The quantitative estimate of drug-likeness (QED) is 0.646. The molecular formula is C21H30N4O2. The number of para-hydroxylation sites is 1. The lowest BCUT2D eigenvalue weighted by Crippen LogP contribution is -2.26. The summed E-state index contributed by atoms with van der Waals surface area (Å²) >= 11 is 0. The van der Waals surface area contributed by atoms with Crippen molar-refractivity contribution in [2.24, 2.45) is 0 Å². The Morgan fingerprint density at radius 2 is 1.78 bits per heavy atom. The Morgan fingerprint density at radius 1 is 1.11 bits per heavy atom. The molecule has 0 saturated carbocycles. The zero-order valence-corrected chi connectivity index (χ0v) is 16.9. The van der Waals surface area contributed by atoms with Crippen LogP contribution in [0.2, 0.25) is 0 Å². The van der Waals surface area contributed by atoms with Crippen molar-refractivity contribution in [2.75, 3.05) is 25.6 Å². The summed E-state index contributed by atoms with van der Waals surface area (Å²) in [5.74, 6) is 1.15. The van der Waals surface area contributed by atoms with E-state index in [9.17, 15) is 4.79 Å². The number of nitrogens with zero attached hydrogens (tertiary/aromatic N) is 2. The standard InChI is InChI=1S/C21H30N4O2/c1-14(2)16-8-6-9-17(15(3)4)20(16)25-19-12-18(23-13-24-19)21(26)22-10-7-11-27-5/h6,8-9,12-15H,7,10-11H2,1-5H3,(H,22,26)(H,23,24,25). The molecule has 0 aliphatic carbocycles. The summed E-state index contributed by atoms with van der Waals surface area (Å²) < 4.78 is 4.99. The Bertz CT molecular complexity index is 733. The summed E-state index contributed by atoms with van der Waals surface area (Å²) in [5.41, 5.74) is 3.86. The summed E-state index contributed by atoms with van der Waals surface area (Å²) in [4.78, 5) is 20.7. The number of benzene rings is 1. The first-order valence-electron chi connectivity index (χ1n) is 9.43. The van der Waals surface area contributed by atoms with Crippen molar-refractivity contribution in [2.45, 2.75) is 46.0 Å². The number of aromatic nitrogens is 2. The molecule has 2 rings (SSSR count). The number of ether oxygens (including phenoxy) is 1. The van der Waals surface area contributed by atoms with Crippen molar-refractivity contribution in [1.29, 1.82) is 0 Å². The van der Waals surface area contributed by atoms with Crippen LogP contribution in [0.1, 0.15) is 67.6 Å². The van der Waals surface area contributed by atoms with Crippen LogP contribution in [0.25, 0.3) is 0 Å². The van der Waals surface area contributed by atoms with E-state index in [2.05, 4.69) is 66.5 Å². The molecule has 0 atom stereocenters. The highest BCUT2D eigenvalue weighted by Crippen LogP contribution is 2.34. The van der Waals surface area contributed by atoms with Crippen LogP contribution in [0.4, 0.5) is 11.5 Å². The predicted octanol–water partition coefficient (Wildman–Crippen LogP) is 4.23. The molecule has 1 heterocycles. The second-order valence-electron chi connectivity index (χ2n) is 7.14. The third kappa shape index (κ3) is 5.76. The molecule has 0 unspecified atom stereocenters. The van der Waals surface area contributed by atoms with E-state index >= 15 is 0 Å². The summed E-state index contributed by atoms with van der Waals surface area (Å²) in [5, 5.41) is 6.27. The fourth-order valence-electron chi connectivity index (χ4n) is 2.88. The van der Waals surface area contributed by atoms with Gasteiger partial charge in [0.15, 0.2) is 0 Å². The van der Waals surface area contributed by atoms with E-state index in [1.165, 1.54) is 17.5 Å². The molecular weight excluding hydrogens is 340 g/mol. The second-order valence-corrected chi connectivity index (χ2v) is 7.14. The van der Waals surface area contributed by atoms with E-state index in [1.807, 2.05) is 0 Å². The van der Waals surface area contributed by atoms with Gasteiger partial charge >= 0.3 is 0 Å². The number of hydrogen-bond acceptors (Lipinski definition) is 5. The fraction of sp³-hybridized carbons (Fsp3) is 0.476. The van der Waals surface area contributed by atoms with Crippen LogP contribution in [0.3, 0.4) is 0 Å². The Labute approximate surface area is 161 Å². The zero-order valence-electron chi connectivity index (χ0n) is 16.9. The van der Waals surface area contributed by atoms with Crippen molar-refractivity contribution in [3.8, 4) is 0 Å². The lowest BCUT2D eigenvalue weighted by atomic mass is 9.92. The normalized spacial score (nSPS) is 11.1. The fourth-order valence-corrected chi connectivity index (χ4v) is 2.88. The number of methoxy groups -OCH3 is 1. The van der Waals surface area contributed by atoms with E-state index in [0.29, 0.717) is 36.5 Å². The van der Waals surface area contributed by atoms with Crippen LogP contribution in [-0.2, 0) is 4.74 Å². The highest BCUT2D eigenvalue weighted by Gasteiger charge is 2.15. The maximum atomic E-state index is 12.3. The Hall–Kier alpha value is -2.47. The van der Waals surface area contributed by atoms with E-state index < -0.39 is 0 Å². The molecule has 6 nitrogen and oxygen atoms in total. The lowest BCUT2D eigenvalue weighted by molar-refractivity contribution is 0.0943. The van der Waals surface area contributed by atoms with Crippen molar-refractivity contribution in [1.82, 2.24) is 15.3 Å². The van der Waals surface area contributed by atoms with Gasteiger partial charge in [-0.05, 0) is 29.4 Å². The molecule has 0 aliphatic rings. The van der Waals surface area contributed by atoms with Crippen LogP contribution in [0, 0.1) is 0 Å². The number of hydrogen-bond donors (Lipinski definition) is 2. The van der Waals surface area contributed by atoms with E-state index in [1.54, 1.807) is 13.2 Å². The van der Waals surface area contributed by atoms with Crippen LogP contribution in [0.15, 0.2) is 30.6 Å². The first kappa shape index (κ1) is 20.8. The maximum absolute atomic E-state index is 12.3. The van der Waals surface area contributed by atoms with Crippen LogP contribution in [-0.4, -0.2) is 36.1 Å². The van der Waals surface area contributed by atoms with Gasteiger partial charge in [-0.2, -0.15) is 0 Å². The Balaban J connectivity index is 2.22. The molecule has 0 radical (unpaired) electrons. The van der Waals surface area contributed by atoms with Gasteiger partial charge in [0.05, 0.1) is 0 Å². The van der Waals surface area contributed by atoms with E-state index in [0.717, 1.165) is 12.1 Å². The second kappa shape index (κ2) is 10.0. The van der Waals surface area contributed by atoms with Gasteiger partial charge in [0.25, 0.3) is 5.91 Å². The van der Waals surface area contributed by atoms with E-state index in [-0.39, 0.29) is 5.91 Å². The predicted molar refractivity (Wildman–Crippen MR) is 109 cm³/mol. The lowest BCUT2D eigenvalue weighted by Gasteiger charge is -2.20. The smallest absolute Gasteiger partial charge is 0.270 e. The SMILES string of the molecule is COCCCNC(=O)c1cc(Nc2c(C(C)C)cccc2C(C)C)ncn1. The van der Waals surface area contributed by atoms with Gasteiger partial charge < -0.3 is 15.4 Å². The topological polar surface area (TPSA) is 76.1 Å². The summed E-state index contributed by atoms with van der Waals surface area (Å²) in [6, 6.07) is 8.04. The van der Waals surface area contributed by atoms with Gasteiger partial charge in [0.1, 0.15) is 17.8 Å². The molecule has 1 amide bonds. The highest BCUT2D eigenvalue weighted by molar-refractivity contribution is 5.93. The van der Waals surface area contributed by atoms with Crippen molar-refractivity contribution in [3.63, 3.8) is 0 Å². The molecule has 0 aliphatic heterocycles. The molecule has 146 valence electrons. The minimum absolute atomic E-state index is 0.210. The molecule has 27 heavy (non-hydrogen) atoms. The third-order valence-electron chi connectivity index (χ3n) is 4.34. The van der Waals surface area contributed by atoms with Gasteiger partial charge in [0, 0.05) is 32.0 Å². The van der Waals surface area contributed by atoms with Crippen molar-refractivity contribution >= 4 is 17.4 Å². The molecule has 1 aromatic heterocycles. The largest absolute Gasteiger partial charge is 0.385 e. The number of carbonyl (C=O) groups is 1. The number of anilines is 2. The number of carbonyl (C=O) groups excluding carboxylic acids is 1. The molecule has 0 fully saturated rings. The number of amides is 1. The summed E-state index contributed by atoms with van der Waals surface area (Å²) in [6.07, 6.45) is 2.18. The third-order valence-corrected chi connectivity index (χ3v) is 4.34. The average molecular weight is 370 g/mol. The van der Waals surface area contributed by atoms with Gasteiger partial charge in [-0.1, -0.05) is 45.9 Å². The van der Waals surface area contributed by atoms with E-state index in [4.69, 9.17) is 4.74 Å². The Morgan fingerprint density at radius 3 is 2.37 bits per heavy atom. The van der Waals surface area contributed by atoms with Gasteiger partial charge in [-0.3, -0.25) is 4.79 Å². The van der Waals surface area contributed by atoms with Crippen LogP contribution in [0.5, 0.6) is 0 Å². The minimum atomic E-state index is -0.210. The average Bonchev–Trinajstić information content (AvgIpc) is 2.65.